The minimum absolute atomic E-state index is 0.282. The summed E-state index contributed by atoms with van der Waals surface area (Å²) < 4.78 is 2.28. The van der Waals surface area contributed by atoms with Crippen molar-refractivity contribution in [2.45, 2.75) is 6.92 Å². The largest absolute Gasteiger partial charge is 0.359 e. The Balaban J connectivity index is 1.72. The molecule has 5 aromatic rings. The molecule has 0 aliphatic heterocycles. The minimum Gasteiger partial charge on any atom is -0.306 e. The summed E-state index contributed by atoms with van der Waals surface area (Å²) in [6.45, 7) is 1.96. The van der Waals surface area contributed by atoms with Crippen LogP contribution >= 0.6 is 0 Å². The average Bonchev–Trinajstić information content (AvgIpc) is 3.12. The van der Waals surface area contributed by atoms with Gasteiger partial charge in [-0.1, -0.05) is 29.5 Å². The number of nitrogens with one attached hydrogen (secondary N) is 1. The predicted molar refractivity (Wildman–Crippen MR) is 114 cm³/mol. The van der Waals surface area contributed by atoms with Crippen LogP contribution in [0.15, 0.2) is 76.6 Å². The van der Waals surface area contributed by atoms with E-state index in [2.05, 4.69) is 26.9 Å². The minimum atomic E-state index is -0.532. The molecule has 30 heavy (non-hydrogen) atoms. The van der Waals surface area contributed by atoms with Crippen molar-refractivity contribution in [1.29, 1.82) is 0 Å². The zero-order valence-electron chi connectivity index (χ0n) is 16.0. The Morgan fingerprint density at radius 2 is 1.77 bits per heavy atom. The predicted octanol–water partition coefficient (Wildman–Crippen LogP) is 2.43. The molecule has 0 aliphatic rings. The third-order valence-electron chi connectivity index (χ3n) is 4.78. The Labute approximate surface area is 170 Å². The van der Waals surface area contributed by atoms with E-state index in [4.69, 9.17) is 0 Å². The van der Waals surface area contributed by atoms with Crippen LogP contribution in [0.1, 0.15) is 16.7 Å². The molecule has 0 spiro atoms. The Morgan fingerprint density at radius 1 is 0.967 bits per heavy atom. The lowest BCUT2D eigenvalue weighted by Crippen LogP contribution is -2.29. The molecule has 0 aliphatic carbocycles. The van der Waals surface area contributed by atoms with E-state index < -0.39 is 11.4 Å². The summed E-state index contributed by atoms with van der Waals surface area (Å²) in [6, 6.07) is 16.5. The number of hydrogen-bond donors (Lipinski definition) is 1. The Morgan fingerprint density at radius 3 is 2.53 bits per heavy atom. The van der Waals surface area contributed by atoms with Gasteiger partial charge in [0.1, 0.15) is 0 Å². The first kappa shape index (κ1) is 17.6. The second-order valence-corrected chi connectivity index (χ2v) is 6.87. The Kier molecular flexibility index (Phi) is 4.04. The number of hydrogen-bond acceptors (Lipinski definition) is 4. The topological polar surface area (TPSA) is 85.1 Å². The summed E-state index contributed by atoms with van der Waals surface area (Å²) in [5, 5.41) is 5.08. The first-order chi connectivity index (χ1) is 14.6. The molecule has 0 unspecified atom stereocenters. The number of aromatic nitrogens is 5. The van der Waals surface area contributed by atoms with Gasteiger partial charge in [0, 0.05) is 28.9 Å². The molecule has 0 saturated heterocycles. The van der Waals surface area contributed by atoms with Crippen LogP contribution in [-0.4, -0.2) is 24.1 Å². The summed E-state index contributed by atoms with van der Waals surface area (Å²) in [4.78, 5) is 32.2. The summed E-state index contributed by atoms with van der Waals surface area (Å²) in [5.74, 6) is 6.14. The van der Waals surface area contributed by atoms with E-state index in [-0.39, 0.29) is 5.65 Å². The summed E-state index contributed by atoms with van der Waals surface area (Å²) in [5.41, 5.74) is 3.00. The Hall–Kier alpha value is -4.44. The van der Waals surface area contributed by atoms with Crippen molar-refractivity contribution in [3.05, 3.63) is 105 Å². The van der Waals surface area contributed by atoms with Gasteiger partial charge in [-0.3, -0.25) is 4.98 Å². The molecule has 1 N–H and O–H groups in total. The van der Waals surface area contributed by atoms with Gasteiger partial charge in [-0.2, -0.15) is 9.08 Å². The van der Waals surface area contributed by atoms with Gasteiger partial charge in [-0.15, -0.1) is 5.10 Å². The van der Waals surface area contributed by atoms with Gasteiger partial charge in [0.2, 0.25) is 0 Å². The quantitative estimate of drug-likeness (QED) is 0.443. The van der Waals surface area contributed by atoms with E-state index in [0.29, 0.717) is 16.6 Å². The molecule has 144 valence electrons. The number of H-pyrrole nitrogens is 1. The molecule has 7 nitrogen and oxygen atoms in total. The molecular weight excluding hydrogens is 378 g/mol. The van der Waals surface area contributed by atoms with Gasteiger partial charge in [0.25, 0.3) is 0 Å². The van der Waals surface area contributed by atoms with E-state index in [0.717, 1.165) is 21.1 Å². The monoisotopic (exact) mass is 393 g/mol. The SMILES string of the molecule is Cc1ccc(-n2nc3c4cc(C#Cc5cccnc5)ccc4[nH]c(=O)n3c2=O)cc1. The second kappa shape index (κ2) is 6.87. The van der Waals surface area contributed by atoms with Crippen LogP contribution in [0.2, 0.25) is 0 Å². The number of fused-ring (bicyclic) bond motifs is 3. The lowest BCUT2D eigenvalue weighted by atomic mass is 10.1. The molecule has 2 aromatic carbocycles. The normalized spacial score (nSPS) is 10.8. The van der Waals surface area contributed by atoms with Crippen LogP contribution in [0.3, 0.4) is 0 Å². The van der Waals surface area contributed by atoms with Crippen molar-refractivity contribution >= 4 is 16.6 Å². The van der Waals surface area contributed by atoms with Crippen molar-refractivity contribution in [2.24, 2.45) is 0 Å². The van der Waals surface area contributed by atoms with Crippen molar-refractivity contribution in [1.82, 2.24) is 24.1 Å². The van der Waals surface area contributed by atoms with E-state index in [1.54, 1.807) is 30.6 Å². The molecule has 3 heterocycles. The van der Waals surface area contributed by atoms with Gasteiger partial charge in [0.05, 0.1) is 11.2 Å². The molecular formula is C23H15N5O2. The molecule has 0 atom stereocenters. The van der Waals surface area contributed by atoms with Gasteiger partial charge in [0.15, 0.2) is 5.65 Å². The molecule has 0 saturated carbocycles. The maximum Gasteiger partial charge on any atom is 0.359 e. The number of aromatic amines is 1. The van der Waals surface area contributed by atoms with E-state index in [1.165, 1.54) is 4.68 Å². The summed E-state index contributed by atoms with van der Waals surface area (Å²) in [6.07, 6.45) is 3.38. The van der Waals surface area contributed by atoms with Gasteiger partial charge in [-0.05, 0) is 49.4 Å². The molecule has 0 amide bonds. The first-order valence-electron chi connectivity index (χ1n) is 9.27. The highest BCUT2D eigenvalue weighted by atomic mass is 16.2. The van der Waals surface area contributed by atoms with Crippen molar-refractivity contribution in [2.75, 3.05) is 0 Å². The fraction of sp³-hybridized carbons (Fsp3) is 0.0435. The number of benzene rings is 2. The van der Waals surface area contributed by atoms with Crippen molar-refractivity contribution in [3.8, 4) is 17.5 Å². The highest BCUT2D eigenvalue weighted by Gasteiger charge is 2.15. The van der Waals surface area contributed by atoms with Crippen LogP contribution in [-0.2, 0) is 0 Å². The van der Waals surface area contributed by atoms with Crippen molar-refractivity contribution in [3.63, 3.8) is 0 Å². The standard InChI is InChI=1S/C23H15N5O2/c1-15-4-9-18(10-5-15)28-23(30)27-21(26-28)19-13-16(8-11-20(19)25-22(27)29)6-7-17-3-2-12-24-14-17/h2-5,8-14H,1H3,(H,25,29). The maximum absolute atomic E-state index is 12.9. The van der Waals surface area contributed by atoms with Gasteiger partial charge < -0.3 is 4.98 Å². The molecule has 0 fully saturated rings. The van der Waals surface area contributed by atoms with Gasteiger partial charge in [-0.25, -0.2) is 9.59 Å². The summed E-state index contributed by atoms with van der Waals surface area (Å²) >= 11 is 0. The fourth-order valence-electron chi connectivity index (χ4n) is 3.25. The average molecular weight is 393 g/mol. The van der Waals surface area contributed by atoms with Crippen LogP contribution < -0.4 is 11.4 Å². The number of aryl methyl sites for hydroxylation is 1. The summed E-state index contributed by atoms with van der Waals surface area (Å²) in [7, 11) is 0. The lowest BCUT2D eigenvalue weighted by Gasteiger charge is -2.00. The first-order valence-corrected chi connectivity index (χ1v) is 9.27. The second-order valence-electron chi connectivity index (χ2n) is 6.87. The van der Waals surface area contributed by atoms with Crippen molar-refractivity contribution < 1.29 is 0 Å². The smallest absolute Gasteiger partial charge is 0.306 e. The third kappa shape index (κ3) is 2.97. The van der Waals surface area contributed by atoms with Gasteiger partial charge >= 0.3 is 11.4 Å². The maximum atomic E-state index is 12.9. The van der Waals surface area contributed by atoms with E-state index in [1.807, 2.05) is 43.3 Å². The molecule has 0 radical (unpaired) electrons. The zero-order chi connectivity index (χ0) is 20.7. The van der Waals surface area contributed by atoms with E-state index in [9.17, 15) is 9.59 Å². The zero-order valence-corrected chi connectivity index (χ0v) is 16.0. The highest BCUT2D eigenvalue weighted by Crippen LogP contribution is 2.17. The fourth-order valence-corrected chi connectivity index (χ4v) is 3.25. The number of pyridine rings is 1. The lowest BCUT2D eigenvalue weighted by molar-refractivity contribution is 0.827. The number of nitrogens with zero attached hydrogens (tertiary/aromatic N) is 4. The van der Waals surface area contributed by atoms with E-state index >= 15 is 0 Å². The molecule has 7 heteroatoms. The van der Waals surface area contributed by atoms with Crippen LogP contribution in [0.25, 0.3) is 22.2 Å². The van der Waals surface area contributed by atoms with Crippen LogP contribution in [0.4, 0.5) is 0 Å². The third-order valence-corrected chi connectivity index (χ3v) is 4.78. The molecule has 0 bridgehead atoms. The molecule has 3 aromatic heterocycles. The van der Waals surface area contributed by atoms with Crippen LogP contribution in [0, 0.1) is 18.8 Å². The molecule has 5 rings (SSSR count). The number of rotatable bonds is 1. The Bertz CT molecular complexity index is 1580. The van der Waals surface area contributed by atoms with Crippen LogP contribution in [0.5, 0.6) is 0 Å². The highest BCUT2D eigenvalue weighted by molar-refractivity contribution is 5.91.